The van der Waals surface area contributed by atoms with Gasteiger partial charge in [0.05, 0.1) is 0 Å². The molecule has 0 amide bonds. The summed E-state index contributed by atoms with van der Waals surface area (Å²) in [7, 11) is 0. The van der Waals surface area contributed by atoms with Crippen molar-refractivity contribution in [3.05, 3.63) is 15.7 Å². The van der Waals surface area contributed by atoms with Crippen LogP contribution in [-0.4, -0.2) is 25.0 Å². The van der Waals surface area contributed by atoms with Gasteiger partial charge in [0.25, 0.3) is 0 Å². The number of hydrogen-bond acceptors (Lipinski definition) is 1. The molecule has 0 aliphatic heterocycles. The number of nitrogens with zero attached hydrogens (tertiary/aromatic N) is 1. The van der Waals surface area contributed by atoms with Gasteiger partial charge in [0.1, 0.15) is 0 Å². The van der Waals surface area contributed by atoms with E-state index in [4.69, 9.17) is 0 Å². The number of aryl methyl sites for hydroxylation is 1. The van der Waals surface area contributed by atoms with Crippen molar-refractivity contribution in [1.29, 1.82) is 0 Å². The predicted octanol–water partition coefficient (Wildman–Crippen LogP) is -0.378. The van der Waals surface area contributed by atoms with E-state index in [0.29, 0.717) is 14.5 Å². The van der Waals surface area contributed by atoms with E-state index in [1.165, 1.54) is 4.57 Å². The Morgan fingerprint density at radius 2 is 2.43 bits per heavy atom. The number of aromatic nitrogens is 1. The molecule has 3 heteroatoms. The molecule has 1 heterocycles. The third kappa shape index (κ3) is 1.88. The zero-order chi connectivity index (χ0) is 4.41. The first-order valence-electron chi connectivity index (χ1n) is 1.75. The van der Waals surface area contributed by atoms with Crippen LogP contribution in [0.25, 0.3) is 0 Å². The van der Waals surface area contributed by atoms with Crippen molar-refractivity contribution in [2.24, 2.45) is 0 Å². The van der Waals surface area contributed by atoms with E-state index >= 15 is 0 Å². The average molecular weight is 164 g/mol. The molecule has 1 aromatic heterocycles. The second-order valence-corrected chi connectivity index (χ2v) is 3.36. The molecule has 1 rings (SSSR count). The molecular formula is C4H7NOSe. The molecule has 0 atom stereocenters. The summed E-state index contributed by atoms with van der Waals surface area (Å²) >= 11 is 0.597. The summed E-state index contributed by atoms with van der Waals surface area (Å²) in [6.45, 7) is 2.06. The first-order valence-corrected chi connectivity index (χ1v) is 3.60. The Balaban J connectivity index is 0.000000360. The average Bonchev–Trinajstić information content (AvgIpc) is 1.86. The Morgan fingerprint density at radius 3 is 2.57 bits per heavy atom. The SMILES string of the molecule is Cc1ncc[se]1.O. The summed E-state index contributed by atoms with van der Waals surface area (Å²) in [5.74, 6) is 0. The molecular weight excluding hydrogens is 157 g/mol. The van der Waals surface area contributed by atoms with Crippen LogP contribution in [0.5, 0.6) is 0 Å². The Bertz CT molecular complexity index is 115. The molecule has 0 aliphatic carbocycles. The van der Waals surface area contributed by atoms with Gasteiger partial charge in [0, 0.05) is 0 Å². The van der Waals surface area contributed by atoms with Crippen LogP contribution in [0.3, 0.4) is 0 Å². The van der Waals surface area contributed by atoms with Crippen LogP contribution in [-0.2, 0) is 0 Å². The van der Waals surface area contributed by atoms with E-state index in [0.717, 1.165) is 0 Å². The van der Waals surface area contributed by atoms with Gasteiger partial charge in [0.15, 0.2) is 0 Å². The molecule has 0 bridgehead atoms. The van der Waals surface area contributed by atoms with Crippen LogP contribution in [0.1, 0.15) is 4.57 Å². The van der Waals surface area contributed by atoms with E-state index in [9.17, 15) is 0 Å². The molecule has 0 radical (unpaired) electrons. The second-order valence-electron chi connectivity index (χ2n) is 1.05. The van der Waals surface area contributed by atoms with Crippen molar-refractivity contribution in [1.82, 2.24) is 4.98 Å². The van der Waals surface area contributed by atoms with Crippen molar-refractivity contribution in [2.45, 2.75) is 6.92 Å². The number of rotatable bonds is 0. The molecule has 0 spiro atoms. The third-order valence-electron chi connectivity index (χ3n) is 0.556. The Hall–Kier alpha value is -0.111. The standard InChI is InChI=1S/C4H5NSe.H2O/c1-4-5-2-3-6-4;/h2-3H,1H3;1H2. The van der Waals surface area contributed by atoms with Gasteiger partial charge in [-0.1, -0.05) is 0 Å². The summed E-state index contributed by atoms with van der Waals surface area (Å²) in [6.07, 6.45) is 1.87. The first-order chi connectivity index (χ1) is 2.89. The molecule has 0 saturated carbocycles. The van der Waals surface area contributed by atoms with Gasteiger partial charge in [-0.05, 0) is 0 Å². The smallest absolute Gasteiger partial charge is 0.412 e. The molecule has 0 aliphatic rings. The fourth-order valence-corrected chi connectivity index (χ4v) is 1.22. The molecule has 0 fully saturated rings. The van der Waals surface area contributed by atoms with Crippen LogP contribution >= 0.6 is 0 Å². The molecule has 7 heavy (non-hydrogen) atoms. The van der Waals surface area contributed by atoms with Gasteiger partial charge in [0.2, 0.25) is 0 Å². The minimum absolute atomic E-state index is 0. The van der Waals surface area contributed by atoms with E-state index in [1.54, 1.807) is 0 Å². The molecule has 0 unspecified atom stereocenters. The fraction of sp³-hybridized carbons (Fsp3) is 0.250. The summed E-state index contributed by atoms with van der Waals surface area (Å²) in [6, 6.07) is 0. The van der Waals surface area contributed by atoms with Crippen LogP contribution in [0.4, 0.5) is 0 Å². The fourth-order valence-electron chi connectivity index (χ4n) is 0.295. The topological polar surface area (TPSA) is 44.4 Å². The zero-order valence-electron chi connectivity index (χ0n) is 4.01. The van der Waals surface area contributed by atoms with E-state index < -0.39 is 0 Å². The van der Waals surface area contributed by atoms with Gasteiger partial charge in [-0.15, -0.1) is 0 Å². The van der Waals surface area contributed by atoms with Crippen LogP contribution in [0, 0.1) is 6.92 Å². The second kappa shape index (κ2) is 2.97. The maximum absolute atomic E-state index is 4.00. The Kier molecular flexibility index (Phi) is 2.92. The van der Waals surface area contributed by atoms with Gasteiger partial charge < -0.3 is 5.48 Å². The Labute approximate surface area is 48.3 Å². The van der Waals surface area contributed by atoms with Gasteiger partial charge in [-0.2, -0.15) is 0 Å². The normalized spacial score (nSPS) is 7.57. The van der Waals surface area contributed by atoms with Gasteiger partial charge >= 0.3 is 42.1 Å². The summed E-state index contributed by atoms with van der Waals surface area (Å²) < 4.78 is 1.28. The van der Waals surface area contributed by atoms with Crippen LogP contribution in [0.2, 0.25) is 0 Å². The van der Waals surface area contributed by atoms with Crippen molar-refractivity contribution >= 4 is 14.5 Å². The molecule has 40 valence electrons. The van der Waals surface area contributed by atoms with Crippen LogP contribution in [0.15, 0.2) is 11.1 Å². The Morgan fingerprint density at radius 1 is 1.71 bits per heavy atom. The first kappa shape index (κ1) is 6.89. The van der Waals surface area contributed by atoms with Crippen molar-refractivity contribution in [3.63, 3.8) is 0 Å². The van der Waals surface area contributed by atoms with Gasteiger partial charge in [-0.3, -0.25) is 0 Å². The van der Waals surface area contributed by atoms with Crippen molar-refractivity contribution in [3.8, 4) is 0 Å². The van der Waals surface area contributed by atoms with Crippen molar-refractivity contribution < 1.29 is 5.48 Å². The quantitative estimate of drug-likeness (QED) is 0.482. The summed E-state index contributed by atoms with van der Waals surface area (Å²) in [5.41, 5.74) is 0. The predicted molar refractivity (Wildman–Crippen MR) is 29.5 cm³/mol. The van der Waals surface area contributed by atoms with E-state index in [1.807, 2.05) is 6.20 Å². The van der Waals surface area contributed by atoms with E-state index in [2.05, 4.69) is 16.8 Å². The summed E-state index contributed by atoms with van der Waals surface area (Å²) in [4.78, 5) is 6.11. The maximum atomic E-state index is 4.00. The van der Waals surface area contributed by atoms with Crippen molar-refractivity contribution in [2.75, 3.05) is 0 Å². The maximum Gasteiger partial charge on any atom is -0.412 e. The third-order valence-corrected chi connectivity index (χ3v) is 2.03. The molecule has 1 aromatic rings. The number of hydrogen-bond donors (Lipinski definition) is 0. The largest absolute Gasteiger partial charge is 0.412 e. The molecule has 0 saturated heterocycles. The molecule has 0 aromatic carbocycles. The van der Waals surface area contributed by atoms with Crippen LogP contribution < -0.4 is 0 Å². The minimum atomic E-state index is 0. The molecule has 2 N–H and O–H groups in total. The summed E-state index contributed by atoms with van der Waals surface area (Å²) in [5, 5.41) is 0. The minimum Gasteiger partial charge on any atom is -0.412 e. The zero-order valence-corrected chi connectivity index (χ0v) is 5.72. The van der Waals surface area contributed by atoms with E-state index in [-0.39, 0.29) is 5.48 Å². The van der Waals surface area contributed by atoms with Gasteiger partial charge in [-0.25, -0.2) is 0 Å². The molecule has 2 nitrogen and oxygen atoms in total. The monoisotopic (exact) mass is 165 g/mol.